The van der Waals surface area contributed by atoms with E-state index in [1.165, 1.54) is 0 Å². The van der Waals surface area contributed by atoms with Crippen molar-refractivity contribution in [3.63, 3.8) is 0 Å². The second kappa shape index (κ2) is 1.83. The molecule has 0 saturated heterocycles. The van der Waals surface area contributed by atoms with Crippen LogP contribution in [0.4, 0.5) is 0 Å². The van der Waals surface area contributed by atoms with Crippen molar-refractivity contribution < 1.29 is 0 Å². The van der Waals surface area contributed by atoms with E-state index in [1.54, 1.807) is 0 Å². The van der Waals surface area contributed by atoms with Gasteiger partial charge in [0.1, 0.15) is 5.84 Å². The zero-order valence-electron chi connectivity index (χ0n) is 4.36. The molecule has 0 unspecified atom stereocenters. The second-order valence-electron chi connectivity index (χ2n) is 1.54. The number of nitrogens with one attached hydrogen (secondary N) is 3. The van der Waals surface area contributed by atoms with Crippen molar-refractivity contribution in [2.24, 2.45) is 5.73 Å². The van der Waals surface area contributed by atoms with Crippen molar-refractivity contribution in [2.45, 2.75) is 0 Å². The number of rotatable bonds is 1. The Hall–Kier alpha value is -1.03. The number of nitrogens with two attached hydrogens (primary N) is 1. The monoisotopic (exact) mass is 112 g/mol. The minimum absolute atomic E-state index is 0.0787. The molecule has 0 aliphatic carbocycles. The Morgan fingerprint density at radius 2 is 2.62 bits per heavy atom. The highest BCUT2D eigenvalue weighted by Gasteiger charge is 2.02. The van der Waals surface area contributed by atoms with Crippen LogP contribution >= 0.6 is 0 Å². The van der Waals surface area contributed by atoms with Crippen LogP contribution in [-0.4, -0.2) is 12.4 Å². The normalized spacial score (nSPS) is 17.2. The summed E-state index contributed by atoms with van der Waals surface area (Å²) in [6.45, 7) is 0.745. The molecule has 0 aromatic heterocycles. The first kappa shape index (κ1) is 5.11. The van der Waals surface area contributed by atoms with Gasteiger partial charge in [0, 0.05) is 6.54 Å². The first-order valence-electron chi connectivity index (χ1n) is 2.34. The van der Waals surface area contributed by atoms with Crippen molar-refractivity contribution in [3.05, 3.63) is 11.8 Å². The maximum atomic E-state index is 6.90. The summed E-state index contributed by atoms with van der Waals surface area (Å²) in [5.41, 5.74) is 11.3. The number of hydrogen-bond acceptors (Lipinski definition) is 3. The van der Waals surface area contributed by atoms with E-state index in [0.717, 1.165) is 6.54 Å². The van der Waals surface area contributed by atoms with Crippen LogP contribution in [0.5, 0.6) is 0 Å². The van der Waals surface area contributed by atoms with E-state index in [9.17, 15) is 0 Å². The molecule has 0 aromatic carbocycles. The topological polar surface area (TPSA) is 73.9 Å². The lowest BCUT2D eigenvalue weighted by atomic mass is 10.4. The van der Waals surface area contributed by atoms with Crippen LogP contribution in [0.3, 0.4) is 0 Å². The van der Waals surface area contributed by atoms with Gasteiger partial charge in [-0.1, -0.05) is 0 Å². The first-order chi connectivity index (χ1) is 3.80. The summed E-state index contributed by atoms with van der Waals surface area (Å²) < 4.78 is 0. The molecule has 0 amide bonds. The molecule has 1 heterocycles. The Balaban J connectivity index is 2.57. The van der Waals surface area contributed by atoms with Crippen molar-refractivity contribution in [1.82, 2.24) is 10.9 Å². The van der Waals surface area contributed by atoms with Gasteiger partial charge in [0.2, 0.25) is 0 Å². The predicted molar refractivity (Wildman–Crippen MR) is 31.1 cm³/mol. The van der Waals surface area contributed by atoms with Gasteiger partial charge in [-0.3, -0.25) is 5.41 Å². The summed E-state index contributed by atoms with van der Waals surface area (Å²) in [5, 5.41) is 6.90. The third kappa shape index (κ3) is 0.788. The highest BCUT2D eigenvalue weighted by Crippen LogP contribution is 1.88. The number of amidine groups is 1. The van der Waals surface area contributed by atoms with E-state index < -0.39 is 0 Å². The van der Waals surface area contributed by atoms with Crippen LogP contribution in [0.25, 0.3) is 0 Å². The molecule has 0 saturated carbocycles. The van der Waals surface area contributed by atoms with E-state index in [1.807, 2.05) is 6.08 Å². The molecule has 0 radical (unpaired) electrons. The van der Waals surface area contributed by atoms with E-state index in [-0.39, 0.29) is 5.84 Å². The van der Waals surface area contributed by atoms with Gasteiger partial charge >= 0.3 is 0 Å². The fourth-order valence-corrected chi connectivity index (χ4v) is 0.528. The highest BCUT2D eigenvalue weighted by atomic mass is 15.4. The molecule has 1 rings (SSSR count). The lowest BCUT2D eigenvalue weighted by Gasteiger charge is -1.97. The predicted octanol–water partition coefficient (Wildman–Crippen LogP) is -1.09. The maximum Gasteiger partial charge on any atom is 0.140 e. The molecule has 0 spiro atoms. The number of hydrazine groups is 1. The lowest BCUT2D eigenvalue weighted by molar-refractivity contribution is 0.714. The molecule has 0 fully saturated rings. The molecule has 4 nitrogen and oxygen atoms in total. The summed E-state index contributed by atoms with van der Waals surface area (Å²) in [6.07, 6.45) is 1.82. The highest BCUT2D eigenvalue weighted by molar-refractivity contribution is 5.93. The van der Waals surface area contributed by atoms with Crippen molar-refractivity contribution >= 4 is 5.84 Å². The van der Waals surface area contributed by atoms with Gasteiger partial charge < -0.3 is 11.2 Å². The minimum atomic E-state index is 0.0787. The van der Waals surface area contributed by atoms with Gasteiger partial charge in [-0.05, 0) is 6.08 Å². The lowest BCUT2D eigenvalue weighted by Crippen LogP contribution is -2.29. The Bertz CT molecular complexity index is 137. The molecular weight excluding hydrogens is 104 g/mol. The zero-order valence-corrected chi connectivity index (χ0v) is 4.36. The van der Waals surface area contributed by atoms with Gasteiger partial charge in [0.25, 0.3) is 0 Å². The van der Waals surface area contributed by atoms with Gasteiger partial charge in [-0.25, -0.2) is 5.43 Å². The van der Waals surface area contributed by atoms with Gasteiger partial charge in [-0.15, -0.1) is 0 Å². The largest absolute Gasteiger partial charge is 0.382 e. The third-order valence-corrected chi connectivity index (χ3v) is 0.921. The molecule has 8 heavy (non-hydrogen) atoms. The quantitative estimate of drug-likeness (QED) is 0.257. The average molecular weight is 112 g/mol. The van der Waals surface area contributed by atoms with Crippen LogP contribution in [-0.2, 0) is 0 Å². The van der Waals surface area contributed by atoms with Crippen LogP contribution in [0.15, 0.2) is 11.8 Å². The average Bonchev–Trinajstić information content (AvgIpc) is 2.12. The Morgan fingerprint density at radius 1 is 1.88 bits per heavy atom. The molecule has 5 N–H and O–H groups in total. The van der Waals surface area contributed by atoms with Gasteiger partial charge in [-0.2, -0.15) is 0 Å². The zero-order chi connectivity index (χ0) is 5.98. The SMILES string of the molecule is N=C(N)C1=CCNN1. The number of hydrogen-bond donors (Lipinski definition) is 4. The van der Waals surface area contributed by atoms with Gasteiger partial charge in [0.05, 0.1) is 5.70 Å². The minimum Gasteiger partial charge on any atom is -0.382 e. The summed E-state index contributed by atoms with van der Waals surface area (Å²) in [4.78, 5) is 0. The van der Waals surface area contributed by atoms with Gasteiger partial charge in [0.15, 0.2) is 0 Å². The summed E-state index contributed by atoms with van der Waals surface area (Å²) in [5.74, 6) is 0.0787. The van der Waals surface area contributed by atoms with Crippen molar-refractivity contribution in [1.29, 1.82) is 5.41 Å². The Morgan fingerprint density at radius 3 is 2.88 bits per heavy atom. The Labute approximate surface area is 47.2 Å². The van der Waals surface area contributed by atoms with E-state index in [0.29, 0.717) is 5.70 Å². The maximum absolute atomic E-state index is 6.90. The van der Waals surface area contributed by atoms with Crippen molar-refractivity contribution in [3.8, 4) is 0 Å². The third-order valence-electron chi connectivity index (χ3n) is 0.921. The second-order valence-corrected chi connectivity index (χ2v) is 1.54. The Kier molecular flexibility index (Phi) is 1.17. The first-order valence-corrected chi connectivity index (χ1v) is 2.34. The molecular formula is C4H8N4. The summed E-state index contributed by atoms with van der Waals surface area (Å²) >= 11 is 0. The van der Waals surface area contributed by atoms with E-state index in [4.69, 9.17) is 11.1 Å². The molecule has 0 atom stereocenters. The fraction of sp³-hybridized carbons (Fsp3) is 0.250. The molecule has 1 aliphatic rings. The van der Waals surface area contributed by atoms with Crippen LogP contribution in [0.2, 0.25) is 0 Å². The summed E-state index contributed by atoms with van der Waals surface area (Å²) in [6, 6.07) is 0. The van der Waals surface area contributed by atoms with E-state index >= 15 is 0 Å². The van der Waals surface area contributed by atoms with Crippen LogP contribution < -0.4 is 16.6 Å². The molecule has 0 bridgehead atoms. The van der Waals surface area contributed by atoms with Crippen LogP contribution in [0.1, 0.15) is 0 Å². The molecule has 1 aliphatic heterocycles. The smallest absolute Gasteiger partial charge is 0.140 e. The van der Waals surface area contributed by atoms with Crippen molar-refractivity contribution in [2.75, 3.05) is 6.54 Å². The molecule has 0 aromatic rings. The standard InChI is InChI=1S/C4H8N4/c5-4(6)3-1-2-7-8-3/h1,7-8H,2H2,(H3,5,6). The molecule has 44 valence electrons. The fourth-order valence-electron chi connectivity index (χ4n) is 0.528. The molecule has 4 heteroatoms. The van der Waals surface area contributed by atoms with Crippen LogP contribution in [0, 0.1) is 5.41 Å². The van der Waals surface area contributed by atoms with E-state index in [2.05, 4.69) is 10.9 Å². The summed E-state index contributed by atoms with van der Waals surface area (Å²) in [7, 11) is 0.